The fraction of sp³-hybridized carbons (Fsp3) is 0.222. The van der Waals surface area contributed by atoms with Crippen LogP contribution in [0.4, 0.5) is 11.4 Å². The molecular weight excluding hydrogens is 374 g/mol. The van der Waals surface area contributed by atoms with Crippen LogP contribution >= 0.6 is 11.6 Å². The molecule has 27 heavy (non-hydrogen) atoms. The lowest BCUT2D eigenvalue weighted by atomic mass is 10.1. The minimum absolute atomic E-state index is 0.0207. The van der Waals surface area contributed by atoms with Gasteiger partial charge in [0, 0.05) is 18.1 Å². The van der Waals surface area contributed by atoms with Crippen LogP contribution in [0.25, 0.3) is 0 Å². The van der Waals surface area contributed by atoms with Gasteiger partial charge in [-0.15, -0.1) is 0 Å². The van der Waals surface area contributed by atoms with Gasteiger partial charge in [-0.25, -0.2) is 4.79 Å². The number of amides is 1. The molecule has 9 heteroatoms. The minimum Gasteiger partial charge on any atom is -0.452 e. The van der Waals surface area contributed by atoms with E-state index in [1.54, 1.807) is 31.2 Å². The molecule has 1 atom stereocenters. The molecule has 0 aromatic heterocycles. The number of nitrogens with zero attached hydrogens (tertiary/aromatic N) is 1. The molecule has 8 nitrogen and oxygen atoms in total. The monoisotopic (exact) mass is 391 g/mol. The maximum absolute atomic E-state index is 12.1. The predicted molar refractivity (Wildman–Crippen MR) is 101 cm³/mol. The van der Waals surface area contributed by atoms with Gasteiger partial charge in [0.25, 0.3) is 11.6 Å². The van der Waals surface area contributed by atoms with Crippen molar-refractivity contribution in [3.8, 4) is 0 Å². The average Bonchev–Trinajstić information content (AvgIpc) is 2.65. The van der Waals surface area contributed by atoms with E-state index in [2.05, 4.69) is 10.6 Å². The molecule has 2 rings (SSSR count). The van der Waals surface area contributed by atoms with E-state index in [-0.39, 0.29) is 23.0 Å². The zero-order valence-corrected chi connectivity index (χ0v) is 15.4. The van der Waals surface area contributed by atoms with Crippen LogP contribution in [0, 0.1) is 10.1 Å². The summed E-state index contributed by atoms with van der Waals surface area (Å²) < 4.78 is 4.94. The molecule has 0 radical (unpaired) electrons. The lowest BCUT2D eigenvalue weighted by molar-refractivity contribution is -0.384. The largest absolute Gasteiger partial charge is 0.452 e. The van der Waals surface area contributed by atoms with Crippen LogP contribution in [0.5, 0.6) is 0 Å². The lowest BCUT2D eigenvalue weighted by Crippen LogP contribution is -2.31. The molecule has 0 aliphatic rings. The maximum Gasteiger partial charge on any atom is 0.338 e. The summed E-state index contributed by atoms with van der Waals surface area (Å²) in [6.45, 7) is 1.23. The van der Waals surface area contributed by atoms with E-state index in [9.17, 15) is 19.7 Å². The van der Waals surface area contributed by atoms with Gasteiger partial charge in [0.15, 0.2) is 6.61 Å². The molecule has 0 heterocycles. The van der Waals surface area contributed by atoms with Crippen LogP contribution < -0.4 is 10.6 Å². The van der Waals surface area contributed by atoms with Crippen molar-refractivity contribution in [2.45, 2.75) is 13.0 Å². The molecule has 2 N–H and O–H groups in total. The molecule has 2 aromatic carbocycles. The SMILES string of the molecule is CNc1ccc(C(=O)OCC(=O)N[C@H](C)c2ccccc2Cl)cc1[N+](=O)[O-]. The van der Waals surface area contributed by atoms with Gasteiger partial charge >= 0.3 is 5.97 Å². The molecule has 0 saturated carbocycles. The van der Waals surface area contributed by atoms with E-state index in [1.165, 1.54) is 19.2 Å². The van der Waals surface area contributed by atoms with Crippen LogP contribution in [0.2, 0.25) is 5.02 Å². The van der Waals surface area contributed by atoms with Crippen molar-refractivity contribution < 1.29 is 19.2 Å². The van der Waals surface area contributed by atoms with Gasteiger partial charge in [-0.2, -0.15) is 0 Å². The first kappa shape index (κ1) is 20.2. The van der Waals surface area contributed by atoms with Crippen LogP contribution in [0.3, 0.4) is 0 Å². The van der Waals surface area contributed by atoms with Crippen molar-refractivity contribution in [3.05, 3.63) is 68.7 Å². The molecule has 1 amide bonds. The number of hydrogen-bond acceptors (Lipinski definition) is 6. The zero-order chi connectivity index (χ0) is 20.0. The Morgan fingerprint density at radius 3 is 2.59 bits per heavy atom. The number of carbonyl (C=O) groups excluding carboxylic acids is 2. The second-order valence-electron chi connectivity index (χ2n) is 5.63. The van der Waals surface area contributed by atoms with Crippen molar-refractivity contribution in [1.29, 1.82) is 0 Å². The molecule has 0 fully saturated rings. The highest BCUT2D eigenvalue weighted by Crippen LogP contribution is 2.25. The summed E-state index contributed by atoms with van der Waals surface area (Å²) in [6, 6.07) is 10.6. The number of carbonyl (C=O) groups is 2. The summed E-state index contributed by atoms with van der Waals surface area (Å²) in [5, 5.41) is 16.9. The van der Waals surface area contributed by atoms with Crippen LogP contribution in [0.15, 0.2) is 42.5 Å². The number of nitro groups is 1. The van der Waals surface area contributed by atoms with E-state index in [0.717, 1.165) is 11.6 Å². The van der Waals surface area contributed by atoms with E-state index < -0.39 is 23.4 Å². The molecular formula is C18H18ClN3O5. The molecule has 0 aliphatic carbocycles. The van der Waals surface area contributed by atoms with E-state index in [4.69, 9.17) is 16.3 Å². The van der Waals surface area contributed by atoms with Gasteiger partial charge in [-0.1, -0.05) is 29.8 Å². The summed E-state index contributed by atoms with van der Waals surface area (Å²) >= 11 is 6.08. The topological polar surface area (TPSA) is 111 Å². The highest BCUT2D eigenvalue weighted by atomic mass is 35.5. The molecule has 142 valence electrons. The third-order valence-electron chi connectivity index (χ3n) is 3.78. The summed E-state index contributed by atoms with van der Waals surface area (Å²) in [5.74, 6) is -1.35. The van der Waals surface area contributed by atoms with Gasteiger partial charge in [0.2, 0.25) is 0 Å². The standard InChI is InChI=1S/C18H18ClN3O5/c1-11(13-5-3-4-6-14(13)19)21-17(23)10-27-18(24)12-7-8-15(20-2)16(9-12)22(25)26/h3-9,11,20H,10H2,1-2H3,(H,21,23)/t11-/m1/s1. The fourth-order valence-corrected chi connectivity index (χ4v) is 2.72. The highest BCUT2D eigenvalue weighted by molar-refractivity contribution is 6.31. The highest BCUT2D eigenvalue weighted by Gasteiger charge is 2.19. The van der Waals surface area contributed by atoms with E-state index in [0.29, 0.717) is 5.02 Å². The summed E-state index contributed by atoms with van der Waals surface area (Å²) in [7, 11) is 1.53. The van der Waals surface area contributed by atoms with Gasteiger partial charge in [0.1, 0.15) is 5.69 Å². The predicted octanol–water partition coefficient (Wildman–Crippen LogP) is 3.32. The van der Waals surface area contributed by atoms with Gasteiger partial charge in [-0.05, 0) is 30.7 Å². The number of ether oxygens (including phenoxy) is 1. The zero-order valence-electron chi connectivity index (χ0n) is 14.7. The Labute approximate surface area is 160 Å². The Kier molecular flexibility index (Phi) is 6.73. The first-order valence-corrected chi connectivity index (χ1v) is 8.38. The Morgan fingerprint density at radius 2 is 1.96 bits per heavy atom. The number of nitrogens with one attached hydrogen (secondary N) is 2. The molecule has 0 aliphatic heterocycles. The molecule has 2 aromatic rings. The Hall–Kier alpha value is -3.13. The summed E-state index contributed by atoms with van der Waals surface area (Å²) in [4.78, 5) is 34.5. The first-order valence-electron chi connectivity index (χ1n) is 8.00. The maximum atomic E-state index is 12.1. The number of benzene rings is 2. The van der Waals surface area contributed by atoms with Crippen LogP contribution in [0.1, 0.15) is 28.9 Å². The number of halogens is 1. The first-order chi connectivity index (χ1) is 12.8. The number of hydrogen-bond donors (Lipinski definition) is 2. The third-order valence-corrected chi connectivity index (χ3v) is 4.13. The fourth-order valence-electron chi connectivity index (χ4n) is 2.42. The molecule has 0 bridgehead atoms. The smallest absolute Gasteiger partial charge is 0.338 e. The number of anilines is 1. The van der Waals surface area contributed by atoms with Crippen molar-refractivity contribution in [2.24, 2.45) is 0 Å². The van der Waals surface area contributed by atoms with Crippen molar-refractivity contribution in [1.82, 2.24) is 5.32 Å². The third kappa shape index (κ3) is 5.18. The quantitative estimate of drug-likeness (QED) is 0.425. The Morgan fingerprint density at radius 1 is 1.26 bits per heavy atom. The normalized spacial score (nSPS) is 11.4. The Bertz CT molecular complexity index is 872. The number of rotatable bonds is 7. The van der Waals surface area contributed by atoms with E-state index >= 15 is 0 Å². The summed E-state index contributed by atoms with van der Waals surface area (Å²) in [6.07, 6.45) is 0. The summed E-state index contributed by atoms with van der Waals surface area (Å²) in [5.41, 5.74) is 0.719. The molecule has 0 unspecified atom stereocenters. The van der Waals surface area contributed by atoms with Gasteiger partial charge in [-0.3, -0.25) is 14.9 Å². The van der Waals surface area contributed by atoms with E-state index in [1.807, 2.05) is 0 Å². The second-order valence-corrected chi connectivity index (χ2v) is 6.03. The number of nitro benzene ring substituents is 1. The van der Waals surface area contributed by atoms with Crippen LogP contribution in [-0.4, -0.2) is 30.5 Å². The number of esters is 1. The van der Waals surface area contributed by atoms with Crippen molar-refractivity contribution in [2.75, 3.05) is 19.0 Å². The Balaban J connectivity index is 1.97. The van der Waals surface area contributed by atoms with Gasteiger partial charge < -0.3 is 15.4 Å². The van der Waals surface area contributed by atoms with Crippen molar-refractivity contribution in [3.63, 3.8) is 0 Å². The van der Waals surface area contributed by atoms with Crippen LogP contribution in [-0.2, 0) is 9.53 Å². The average molecular weight is 392 g/mol. The lowest BCUT2D eigenvalue weighted by Gasteiger charge is -2.15. The molecule has 0 saturated heterocycles. The second kappa shape index (κ2) is 9.00. The van der Waals surface area contributed by atoms with Crippen molar-refractivity contribution >= 4 is 34.9 Å². The molecule has 0 spiro atoms. The van der Waals surface area contributed by atoms with Gasteiger partial charge in [0.05, 0.1) is 16.5 Å². The minimum atomic E-state index is -0.832.